The van der Waals surface area contributed by atoms with E-state index in [1.807, 2.05) is 6.07 Å². The monoisotopic (exact) mass is 211 g/mol. The summed E-state index contributed by atoms with van der Waals surface area (Å²) in [4.78, 5) is 10.2. The van der Waals surface area contributed by atoms with Crippen LogP contribution in [0.1, 0.15) is 12.8 Å². The third-order valence-corrected chi connectivity index (χ3v) is 2.29. The van der Waals surface area contributed by atoms with E-state index in [2.05, 4.69) is 5.32 Å². The number of nitrogens with one attached hydrogen (secondary N) is 1. The number of carbonyl (C=O) groups excluding carboxylic acids is 1. The summed E-state index contributed by atoms with van der Waals surface area (Å²) < 4.78 is 4.82. The van der Waals surface area contributed by atoms with Crippen LogP contribution >= 0.6 is 11.6 Å². The summed E-state index contributed by atoms with van der Waals surface area (Å²) in [5.41, 5.74) is 0.823. The lowest BCUT2D eigenvalue weighted by atomic mass is 10.3. The molecule has 0 atom stereocenters. The highest BCUT2D eigenvalue weighted by Gasteiger charge is 2.22. The molecule has 0 aromatic heterocycles. The molecule has 74 valence electrons. The molecule has 0 amide bonds. The molecule has 2 rings (SSSR count). The van der Waals surface area contributed by atoms with Crippen LogP contribution in [-0.4, -0.2) is 12.5 Å². The van der Waals surface area contributed by atoms with E-state index in [-0.39, 0.29) is 0 Å². The van der Waals surface area contributed by atoms with Gasteiger partial charge in [-0.15, -0.1) is 0 Å². The van der Waals surface area contributed by atoms with Crippen LogP contribution in [0.25, 0.3) is 0 Å². The molecule has 1 aliphatic rings. The van der Waals surface area contributed by atoms with Crippen molar-refractivity contribution in [2.75, 3.05) is 5.32 Å². The van der Waals surface area contributed by atoms with E-state index in [0.717, 1.165) is 5.69 Å². The molecule has 0 heterocycles. The van der Waals surface area contributed by atoms with Gasteiger partial charge >= 0.3 is 0 Å². The average molecular weight is 212 g/mol. The highest BCUT2D eigenvalue weighted by atomic mass is 35.5. The Balaban J connectivity index is 2.21. The first-order valence-electron chi connectivity index (χ1n) is 4.46. The van der Waals surface area contributed by atoms with E-state index in [0.29, 0.717) is 23.3 Å². The number of anilines is 1. The molecule has 1 fully saturated rings. The maximum Gasteiger partial charge on any atom is 0.298 e. The Morgan fingerprint density at radius 2 is 2.29 bits per heavy atom. The number of rotatable bonds is 4. The van der Waals surface area contributed by atoms with Crippen molar-refractivity contribution in [1.82, 2.24) is 0 Å². The summed E-state index contributed by atoms with van der Waals surface area (Å²) in [6, 6.07) is 5.73. The number of halogens is 1. The van der Waals surface area contributed by atoms with Gasteiger partial charge in [0.25, 0.3) is 6.47 Å². The van der Waals surface area contributed by atoms with Gasteiger partial charge in [0.05, 0.1) is 5.69 Å². The fourth-order valence-electron chi connectivity index (χ4n) is 1.21. The third-order valence-electron chi connectivity index (χ3n) is 2.06. The second-order valence-corrected chi connectivity index (χ2v) is 3.71. The van der Waals surface area contributed by atoms with Crippen molar-refractivity contribution in [2.45, 2.75) is 18.9 Å². The van der Waals surface area contributed by atoms with Crippen LogP contribution in [0.15, 0.2) is 18.2 Å². The van der Waals surface area contributed by atoms with Crippen molar-refractivity contribution >= 4 is 23.8 Å². The summed E-state index contributed by atoms with van der Waals surface area (Å²) in [5, 5.41) is 3.81. The molecule has 1 aromatic carbocycles. The molecule has 14 heavy (non-hydrogen) atoms. The van der Waals surface area contributed by atoms with Crippen LogP contribution in [0.2, 0.25) is 5.02 Å². The van der Waals surface area contributed by atoms with Crippen LogP contribution in [0, 0.1) is 0 Å². The van der Waals surface area contributed by atoms with Crippen molar-refractivity contribution in [2.24, 2.45) is 0 Å². The molecule has 0 radical (unpaired) electrons. The van der Waals surface area contributed by atoms with Crippen LogP contribution in [0.5, 0.6) is 5.75 Å². The fourth-order valence-corrected chi connectivity index (χ4v) is 1.37. The maximum atomic E-state index is 10.2. The summed E-state index contributed by atoms with van der Waals surface area (Å²) >= 11 is 5.78. The maximum absolute atomic E-state index is 10.2. The van der Waals surface area contributed by atoms with Gasteiger partial charge < -0.3 is 10.1 Å². The number of hydrogen-bond acceptors (Lipinski definition) is 3. The van der Waals surface area contributed by atoms with E-state index in [9.17, 15) is 4.79 Å². The standard InChI is InChI=1S/C10H10ClNO2/c11-7-1-4-9(12-8-2-3-8)10(5-7)14-6-13/h1,4-6,8,12H,2-3H2. The lowest BCUT2D eigenvalue weighted by molar-refractivity contribution is -0.120. The predicted molar refractivity (Wildman–Crippen MR) is 54.8 cm³/mol. The van der Waals surface area contributed by atoms with Crippen LogP contribution in [-0.2, 0) is 4.79 Å². The summed E-state index contributed by atoms with van der Waals surface area (Å²) in [6.45, 7) is 0.406. The average Bonchev–Trinajstić information content (AvgIpc) is 2.94. The minimum atomic E-state index is 0.406. The second kappa shape index (κ2) is 3.88. The highest BCUT2D eigenvalue weighted by Crippen LogP contribution is 2.32. The largest absolute Gasteiger partial charge is 0.426 e. The number of benzene rings is 1. The van der Waals surface area contributed by atoms with Gasteiger partial charge in [-0.05, 0) is 25.0 Å². The molecule has 0 bridgehead atoms. The van der Waals surface area contributed by atoms with E-state index in [1.54, 1.807) is 12.1 Å². The van der Waals surface area contributed by atoms with Gasteiger partial charge in [0, 0.05) is 17.1 Å². The number of hydrogen-bond donors (Lipinski definition) is 1. The van der Waals surface area contributed by atoms with Gasteiger partial charge in [-0.2, -0.15) is 0 Å². The van der Waals surface area contributed by atoms with Crippen molar-refractivity contribution in [3.63, 3.8) is 0 Å². The minimum absolute atomic E-state index is 0.406. The Bertz CT molecular complexity index is 350. The Labute approximate surface area is 87.0 Å². The van der Waals surface area contributed by atoms with Crippen LogP contribution < -0.4 is 10.1 Å². The molecule has 1 N–H and O–H groups in total. The zero-order valence-corrected chi connectivity index (χ0v) is 8.25. The topological polar surface area (TPSA) is 38.3 Å². The van der Waals surface area contributed by atoms with Gasteiger partial charge in [0.15, 0.2) is 5.75 Å². The summed E-state index contributed by atoms with van der Waals surface area (Å²) in [7, 11) is 0. The second-order valence-electron chi connectivity index (χ2n) is 3.27. The van der Waals surface area contributed by atoms with E-state index in [4.69, 9.17) is 16.3 Å². The van der Waals surface area contributed by atoms with Crippen molar-refractivity contribution in [1.29, 1.82) is 0 Å². The smallest absolute Gasteiger partial charge is 0.298 e. The van der Waals surface area contributed by atoms with E-state index in [1.165, 1.54) is 12.8 Å². The molecule has 1 aliphatic carbocycles. The SMILES string of the molecule is O=COc1cc(Cl)ccc1NC1CC1. The van der Waals surface area contributed by atoms with Crippen LogP contribution in [0.4, 0.5) is 5.69 Å². The molecule has 3 nitrogen and oxygen atoms in total. The number of carbonyl (C=O) groups is 1. The molecular formula is C10H10ClNO2. The van der Waals surface area contributed by atoms with E-state index >= 15 is 0 Å². The zero-order chi connectivity index (χ0) is 9.97. The lowest BCUT2D eigenvalue weighted by Gasteiger charge is -2.09. The first-order valence-corrected chi connectivity index (χ1v) is 4.84. The van der Waals surface area contributed by atoms with Gasteiger partial charge in [-0.25, -0.2) is 0 Å². The van der Waals surface area contributed by atoms with Crippen LogP contribution in [0.3, 0.4) is 0 Å². The molecule has 0 unspecified atom stereocenters. The minimum Gasteiger partial charge on any atom is -0.426 e. The van der Waals surface area contributed by atoms with Crippen molar-refractivity contribution < 1.29 is 9.53 Å². The van der Waals surface area contributed by atoms with E-state index < -0.39 is 0 Å². The summed E-state index contributed by atoms with van der Waals surface area (Å²) in [5.74, 6) is 0.486. The van der Waals surface area contributed by atoms with Crippen molar-refractivity contribution in [3.05, 3.63) is 23.2 Å². The molecule has 1 saturated carbocycles. The van der Waals surface area contributed by atoms with Gasteiger partial charge in [-0.3, -0.25) is 4.79 Å². The lowest BCUT2D eigenvalue weighted by Crippen LogP contribution is -2.03. The normalized spacial score (nSPS) is 14.9. The molecule has 0 aliphatic heterocycles. The van der Waals surface area contributed by atoms with Gasteiger partial charge in [0.2, 0.25) is 0 Å². The number of ether oxygens (including phenoxy) is 1. The first kappa shape index (κ1) is 9.34. The summed E-state index contributed by atoms with van der Waals surface area (Å²) in [6.07, 6.45) is 2.34. The molecule has 0 saturated heterocycles. The Hall–Kier alpha value is -1.22. The van der Waals surface area contributed by atoms with Gasteiger partial charge in [-0.1, -0.05) is 11.6 Å². The third kappa shape index (κ3) is 2.17. The Morgan fingerprint density at radius 1 is 1.50 bits per heavy atom. The zero-order valence-electron chi connectivity index (χ0n) is 7.50. The quantitative estimate of drug-likeness (QED) is 0.778. The fraction of sp³-hybridized carbons (Fsp3) is 0.300. The molecule has 4 heteroatoms. The molecule has 0 spiro atoms. The highest BCUT2D eigenvalue weighted by molar-refractivity contribution is 6.30. The Kier molecular flexibility index (Phi) is 2.59. The Morgan fingerprint density at radius 3 is 2.93 bits per heavy atom. The predicted octanol–water partition coefficient (Wildman–Crippen LogP) is 2.45. The molecular weight excluding hydrogens is 202 g/mol. The first-order chi connectivity index (χ1) is 6.79. The van der Waals surface area contributed by atoms with Crippen molar-refractivity contribution in [3.8, 4) is 5.75 Å². The molecule has 1 aromatic rings. The van der Waals surface area contributed by atoms with Gasteiger partial charge in [0.1, 0.15) is 0 Å².